The number of amidine groups is 2. The van der Waals surface area contributed by atoms with Crippen LogP contribution in [0.5, 0.6) is 0 Å². The van der Waals surface area contributed by atoms with Gasteiger partial charge in [-0.3, -0.25) is 25.1 Å². The zero-order valence-corrected chi connectivity index (χ0v) is 18.6. The maximum absolute atomic E-state index is 13.2. The average Bonchev–Trinajstić information content (AvgIpc) is 2.60. The molecule has 1 amide bonds. The van der Waals surface area contributed by atoms with E-state index in [1.807, 2.05) is 0 Å². The van der Waals surface area contributed by atoms with Gasteiger partial charge >= 0.3 is 11.1 Å². The first-order chi connectivity index (χ1) is 14.2. The molecule has 0 unspecified atom stereocenters. The van der Waals surface area contributed by atoms with Crippen molar-refractivity contribution in [3.05, 3.63) is 33.2 Å². The molecular formula is C21H31N4O4S+. The lowest BCUT2D eigenvalue weighted by atomic mass is 9.95. The molecule has 0 aromatic carbocycles. The number of aliphatic imine (C=N–C) groups is 1. The number of hydrogen-bond acceptors (Lipinski definition) is 4. The van der Waals surface area contributed by atoms with Crippen LogP contribution in [0.3, 0.4) is 0 Å². The first kappa shape index (κ1) is 23.9. The normalized spacial score (nSPS) is 14.6. The highest BCUT2D eigenvalue weighted by molar-refractivity contribution is 7.77. The molecule has 30 heavy (non-hydrogen) atoms. The van der Waals surface area contributed by atoms with Gasteiger partial charge in [0.05, 0.1) is 0 Å². The lowest BCUT2D eigenvalue weighted by molar-refractivity contribution is -0.135. The zero-order valence-electron chi connectivity index (χ0n) is 17.6. The number of nitrogens with zero attached hydrogens (tertiary/aromatic N) is 2. The van der Waals surface area contributed by atoms with Crippen molar-refractivity contribution >= 4 is 35.5 Å². The van der Waals surface area contributed by atoms with Gasteiger partial charge in [-0.1, -0.05) is 26.7 Å². The van der Waals surface area contributed by atoms with Crippen molar-refractivity contribution in [3.8, 4) is 0 Å². The van der Waals surface area contributed by atoms with Gasteiger partial charge in [0.1, 0.15) is 17.8 Å². The summed E-state index contributed by atoms with van der Waals surface area (Å²) >= 11 is 3.09. The van der Waals surface area contributed by atoms with Crippen molar-refractivity contribution in [2.75, 3.05) is 0 Å². The maximum atomic E-state index is 13.2. The minimum Gasteiger partial charge on any atom is -0.481 e. The van der Waals surface area contributed by atoms with Crippen LogP contribution in [0.1, 0.15) is 74.0 Å². The molecule has 0 radical (unpaired) electrons. The van der Waals surface area contributed by atoms with Gasteiger partial charge < -0.3 is 9.67 Å². The number of amides is 1. The van der Waals surface area contributed by atoms with E-state index in [0.29, 0.717) is 12.5 Å². The number of aryl methyl sites for hydroxylation is 1. The molecule has 0 fully saturated rings. The van der Waals surface area contributed by atoms with Gasteiger partial charge in [0.2, 0.25) is 0 Å². The minimum absolute atomic E-state index is 0.0359. The molecular weight excluding hydrogens is 404 g/mol. The molecule has 0 saturated heterocycles. The molecule has 2 rings (SSSR count). The Labute approximate surface area is 181 Å². The van der Waals surface area contributed by atoms with Crippen LogP contribution in [0.15, 0.2) is 15.9 Å². The fraction of sp³-hybridized carbons (Fsp3) is 0.571. The summed E-state index contributed by atoms with van der Waals surface area (Å²) in [6, 6.07) is 1.69. The van der Waals surface area contributed by atoms with Crippen molar-refractivity contribution in [1.82, 2.24) is 9.88 Å². The third-order valence-corrected chi connectivity index (χ3v) is 5.31. The number of carboxylic acids is 1. The van der Waals surface area contributed by atoms with Gasteiger partial charge in [0, 0.05) is 24.9 Å². The van der Waals surface area contributed by atoms with E-state index >= 15 is 0 Å². The molecule has 1 aromatic heterocycles. The third-order valence-electron chi connectivity index (χ3n) is 5.07. The van der Waals surface area contributed by atoms with Crippen LogP contribution in [0.4, 0.5) is 0 Å². The molecule has 0 aliphatic heterocycles. The Morgan fingerprint density at radius 2 is 1.93 bits per heavy atom. The Balaban J connectivity index is 2.37. The second kappa shape index (κ2) is 11.1. The Hall–Kier alpha value is -2.42. The van der Waals surface area contributed by atoms with Crippen LogP contribution < -0.4 is 10.9 Å². The largest absolute Gasteiger partial charge is 0.481 e. The number of carbonyl (C=O) groups excluding carboxylic acids is 1. The Morgan fingerprint density at radius 1 is 1.27 bits per heavy atom. The topological polar surface area (TPSA) is 125 Å². The number of hydrogen-bond donors (Lipinski definition) is 3. The molecule has 0 spiro atoms. The van der Waals surface area contributed by atoms with Crippen LogP contribution in [0.2, 0.25) is 0 Å². The van der Waals surface area contributed by atoms with Crippen molar-refractivity contribution < 1.29 is 14.7 Å². The van der Waals surface area contributed by atoms with Gasteiger partial charge in [-0.05, 0) is 49.7 Å². The SMILES string of the molecule is CC(C)CCn1c2c(cc(C(=O)NC([SH2+])=NC(=N)CC(=O)O)c1=O)CCCCCC2. The molecule has 0 bridgehead atoms. The first-order valence-electron chi connectivity index (χ1n) is 10.4. The fourth-order valence-corrected chi connectivity index (χ4v) is 3.79. The highest BCUT2D eigenvalue weighted by Gasteiger charge is 2.22. The van der Waals surface area contributed by atoms with Gasteiger partial charge in [-0.25, -0.2) is 0 Å². The van der Waals surface area contributed by atoms with Crippen LogP contribution in [0, 0.1) is 11.3 Å². The average molecular weight is 436 g/mol. The molecule has 8 nitrogen and oxygen atoms in total. The van der Waals surface area contributed by atoms with E-state index < -0.39 is 24.1 Å². The zero-order chi connectivity index (χ0) is 22.3. The van der Waals surface area contributed by atoms with E-state index in [1.165, 1.54) is 0 Å². The number of pyridine rings is 1. The highest BCUT2D eigenvalue weighted by atomic mass is 32.1. The van der Waals surface area contributed by atoms with Crippen molar-refractivity contribution in [3.63, 3.8) is 0 Å². The highest BCUT2D eigenvalue weighted by Crippen LogP contribution is 2.21. The molecule has 1 heterocycles. The summed E-state index contributed by atoms with van der Waals surface area (Å²) in [5.41, 5.74) is 1.78. The van der Waals surface area contributed by atoms with E-state index in [-0.39, 0.29) is 16.3 Å². The monoisotopic (exact) mass is 435 g/mol. The number of carboxylic acid groups (broad SMARTS) is 1. The van der Waals surface area contributed by atoms with E-state index in [1.54, 1.807) is 10.6 Å². The van der Waals surface area contributed by atoms with E-state index in [4.69, 9.17) is 10.5 Å². The summed E-state index contributed by atoms with van der Waals surface area (Å²) in [5.74, 6) is -1.80. The van der Waals surface area contributed by atoms with Gasteiger partial charge in [-0.15, -0.1) is 0 Å². The van der Waals surface area contributed by atoms with Crippen LogP contribution >= 0.6 is 0 Å². The van der Waals surface area contributed by atoms with Crippen LogP contribution in [0.25, 0.3) is 0 Å². The van der Waals surface area contributed by atoms with Crippen molar-refractivity contribution in [2.45, 2.75) is 71.8 Å². The maximum Gasteiger partial charge on any atom is 0.322 e. The molecule has 164 valence electrons. The smallest absolute Gasteiger partial charge is 0.322 e. The van der Waals surface area contributed by atoms with E-state index in [0.717, 1.165) is 56.2 Å². The Bertz CT molecular complexity index is 905. The van der Waals surface area contributed by atoms with E-state index in [9.17, 15) is 14.4 Å². The number of rotatable bonds is 6. The second-order valence-electron chi connectivity index (χ2n) is 8.02. The number of fused-ring (bicyclic) bond motifs is 1. The van der Waals surface area contributed by atoms with Gasteiger partial charge in [0.25, 0.3) is 11.5 Å². The number of carbonyl (C=O) groups is 2. The van der Waals surface area contributed by atoms with E-state index in [2.05, 4.69) is 36.8 Å². The predicted molar refractivity (Wildman–Crippen MR) is 121 cm³/mol. The Kier molecular flexibility index (Phi) is 8.83. The fourth-order valence-electron chi connectivity index (χ4n) is 3.54. The number of aliphatic carboxylic acids is 1. The summed E-state index contributed by atoms with van der Waals surface area (Å²) in [4.78, 5) is 40.3. The summed E-state index contributed by atoms with van der Waals surface area (Å²) in [7, 11) is 0. The lowest BCUT2D eigenvalue weighted by Crippen LogP contribution is -2.38. The number of aromatic nitrogens is 1. The summed E-state index contributed by atoms with van der Waals surface area (Å²) in [6.45, 7) is 4.77. The predicted octanol–water partition coefficient (Wildman–Crippen LogP) is 2.10. The van der Waals surface area contributed by atoms with Crippen molar-refractivity contribution in [2.24, 2.45) is 10.9 Å². The molecule has 1 aliphatic carbocycles. The van der Waals surface area contributed by atoms with Gasteiger partial charge in [-0.2, -0.15) is 4.99 Å². The van der Waals surface area contributed by atoms with Gasteiger partial charge in [0.15, 0.2) is 0 Å². The van der Waals surface area contributed by atoms with Crippen LogP contribution in [-0.4, -0.2) is 32.6 Å². The summed E-state index contributed by atoms with van der Waals surface area (Å²) < 4.78 is 1.76. The molecule has 1 aromatic rings. The summed E-state index contributed by atoms with van der Waals surface area (Å²) in [5, 5.41) is 18.6. The molecule has 0 saturated carbocycles. The molecule has 1 aliphatic rings. The minimum atomic E-state index is -1.19. The Morgan fingerprint density at radius 3 is 2.57 bits per heavy atom. The number of nitrogens with one attached hydrogen (secondary N) is 2. The molecule has 9 heteroatoms. The first-order valence-corrected chi connectivity index (χ1v) is 10.9. The second-order valence-corrected chi connectivity index (χ2v) is 8.49. The van der Waals surface area contributed by atoms with Crippen molar-refractivity contribution in [1.29, 1.82) is 5.41 Å². The summed E-state index contributed by atoms with van der Waals surface area (Å²) in [6.07, 6.45) is 6.27. The molecule has 3 N–H and O–H groups in total. The third kappa shape index (κ3) is 6.83. The standard InChI is InChI=1S/C21H30N4O4S/c1-13(2)9-10-25-16-8-6-4-3-5-7-14(16)11-15(20(25)29)19(28)24-21(30)23-17(22)12-18(26)27/h11,13H,3-10,12H2,1-2H3,(H,26,27)(H3,22,23,24,28,30)/p+1. The molecule has 0 atom stereocenters. The van der Waals surface area contributed by atoms with Crippen LogP contribution in [-0.2, 0) is 36.8 Å². The lowest BCUT2D eigenvalue weighted by Gasteiger charge is -2.21. The quantitative estimate of drug-likeness (QED) is 0.359.